The van der Waals surface area contributed by atoms with Crippen molar-refractivity contribution in [3.05, 3.63) is 71.4 Å². The lowest BCUT2D eigenvalue weighted by molar-refractivity contribution is 0.112. The van der Waals surface area contributed by atoms with Crippen LogP contribution in [0.25, 0.3) is 11.3 Å². The normalized spacial score (nSPS) is 13.2. The number of nitrogens with zero attached hydrogens (tertiary/aromatic N) is 4. The number of pyridine rings is 1. The molecule has 2 heterocycles. The Kier molecular flexibility index (Phi) is 8.46. The molecule has 2 aromatic heterocycles. The zero-order chi connectivity index (χ0) is 24.0. The van der Waals surface area contributed by atoms with Crippen molar-refractivity contribution in [3.63, 3.8) is 0 Å². The minimum absolute atomic E-state index is 0.245. The van der Waals surface area contributed by atoms with Gasteiger partial charge in [0.15, 0.2) is 0 Å². The highest BCUT2D eigenvalue weighted by atomic mass is 32.2. The predicted molar refractivity (Wildman–Crippen MR) is 136 cm³/mol. The zero-order valence-electron chi connectivity index (χ0n) is 20.4. The summed E-state index contributed by atoms with van der Waals surface area (Å²) in [4.78, 5) is 9.48. The van der Waals surface area contributed by atoms with Gasteiger partial charge in [0, 0.05) is 18.3 Å². The molecule has 0 radical (unpaired) electrons. The van der Waals surface area contributed by atoms with E-state index in [0.717, 1.165) is 34.0 Å². The fraction of sp³-hybridized carbons (Fsp3) is 0.423. The van der Waals surface area contributed by atoms with Crippen LogP contribution in [0.2, 0.25) is 0 Å². The Hall–Kier alpha value is -2.48. The largest absolute Gasteiger partial charge is 0.591 e. The summed E-state index contributed by atoms with van der Waals surface area (Å²) in [6.07, 6.45) is 3.51. The lowest BCUT2D eigenvalue weighted by Gasteiger charge is -2.18. The van der Waals surface area contributed by atoms with Crippen molar-refractivity contribution in [1.82, 2.24) is 14.5 Å². The average Bonchev–Trinajstić information content (AvgIpc) is 3.10. The molecule has 1 unspecified atom stereocenters. The van der Waals surface area contributed by atoms with E-state index in [1.165, 1.54) is 0 Å². The zero-order valence-corrected chi connectivity index (χ0v) is 21.2. The standard InChI is InChI=1S/C26H34N4O2S/c1-19(2)24-22(13-10-14-27-24)25-23(17-28-33(31)26(4,5)6)30(20(3)29-25)15-16-32-18-21-11-8-7-9-12-21/h7-14,17,19H,15-16,18H2,1-6H3/b28-17+. The minimum atomic E-state index is -1.37. The van der Waals surface area contributed by atoms with Gasteiger partial charge in [-0.15, -0.1) is 0 Å². The Morgan fingerprint density at radius 1 is 1.15 bits per heavy atom. The summed E-state index contributed by atoms with van der Waals surface area (Å²) in [7, 11) is 0. The van der Waals surface area contributed by atoms with Gasteiger partial charge in [0.05, 0.1) is 30.3 Å². The first kappa shape index (κ1) is 25.1. The number of ether oxygens (including phenoxy) is 1. The van der Waals surface area contributed by atoms with E-state index in [2.05, 4.69) is 39.9 Å². The summed E-state index contributed by atoms with van der Waals surface area (Å²) in [6.45, 7) is 13.7. The molecule has 1 aromatic carbocycles. The van der Waals surface area contributed by atoms with Gasteiger partial charge < -0.3 is 13.9 Å². The van der Waals surface area contributed by atoms with E-state index in [9.17, 15) is 4.55 Å². The highest BCUT2D eigenvalue weighted by molar-refractivity contribution is 7.91. The predicted octanol–water partition coefficient (Wildman–Crippen LogP) is 5.47. The first-order chi connectivity index (χ1) is 15.7. The van der Waals surface area contributed by atoms with Crippen LogP contribution in [0.15, 0.2) is 53.1 Å². The molecule has 33 heavy (non-hydrogen) atoms. The van der Waals surface area contributed by atoms with E-state index in [0.29, 0.717) is 19.8 Å². The Morgan fingerprint density at radius 2 is 1.88 bits per heavy atom. The van der Waals surface area contributed by atoms with Crippen LogP contribution in [0.4, 0.5) is 0 Å². The maximum atomic E-state index is 12.6. The first-order valence-electron chi connectivity index (χ1n) is 11.3. The maximum Gasteiger partial charge on any atom is 0.144 e. The fourth-order valence-corrected chi connectivity index (χ4v) is 3.96. The third kappa shape index (κ3) is 6.53. The van der Waals surface area contributed by atoms with E-state index < -0.39 is 16.1 Å². The van der Waals surface area contributed by atoms with Crippen molar-refractivity contribution in [3.8, 4) is 11.3 Å². The molecule has 6 nitrogen and oxygen atoms in total. The van der Waals surface area contributed by atoms with Gasteiger partial charge in [0.1, 0.15) is 28.1 Å². The smallest absolute Gasteiger partial charge is 0.144 e. The molecule has 0 amide bonds. The second-order valence-corrected chi connectivity index (χ2v) is 11.2. The van der Waals surface area contributed by atoms with Crippen LogP contribution in [-0.4, -0.2) is 36.7 Å². The number of rotatable bonds is 9. The summed E-state index contributed by atoms with van der Waals surface area (Å²) in [5.74, 6) is 1.10. The van der Waals surface area contributed by atoms with Crippen molar-refractivity contribution < 1.29 is 9.29 Å². The molecule has 0 saturated carbocycles. The molecule has 1 atom stereocenters. The Balaban J connectivity index is 1.92. The molecular formula is C26H34N4O2S. The van der Waals surface area contributed by atoms with Gasteiger partial charge in [0.25, 0.3) is 0 Å². The molecule has 0 N–H and O–H groups in total. The Bertz CT molecular complexity index is 1070. The van der Waals surface area contributed by atoms with Crippen LogP contribution in [0.3, 0.4) is 0 Å². The second kappa shape index (κ2) is 11.1. The van der Waals surface area contributed by atoms with Gasteiger partial charge in [0.2, 0.25) is 0 Å². The molecule has 3 rings (SSSR count). The van der Waals surface area contributed by atoms with Gasteiger partial charge in [-0.05, 0) is 51.3 Å². The number of benzene rings is 1. The quantitative estimate of drug-likeness (QED) is 0.238. The van der Waals surface area contributed by atoms with Crippen LogP contribution in [0.1, 0.15) is 63.3 Å². The fourth-order valence-electron chi connectivity index (χ4n) is 3.45. The highest BCUT2D eigenvalue weighted by Crippen LogP contribution is 2.30. The van der Waals surface area contributed by atoms with Crippen LogP contribution in [0, 0.1) is 6.92 Å². The van der Waals surface area contributed by atoms with Gasteiger partial charge >= 0.3 is 0 Å². The minimum Gasteiger partial charge on any atom is -0.591 e. The molecule has 0 aliphatic rings. The van der Waals surface area contributed by atoms with E-state index in [1.807, 2.05) is 64.2 Å². The summed E-state index contributed by atoms with van der Waals surface area (Å²) in [5.41, 5.74) is 4.72. The van der Waals surface area contributed by atoms with Crippen molar-refractivity contribution in [2.45, 2.75) is 65.4 Å². The topological polar surface area (TPSA) is 75.4 Å². The van der Waals surface area contributed by atoms with Gasteiger partial charge in [-0.25, -0.2) is 4.98 Å². The lowest BCUT2D eigenvalue weighted by atomic mass is 10.0. The summed E-state index contributed by atoms with van der Waals surface area (Å²) < 4.78 is 24.6. The maximum absolute atomic E-state index is 12.6. The van der Waals surface area contributed by atoms with Gasteiger partial charge in [-0.3, -0.25) is 4.98 Å². The van der Waals surface area contributed by atoms with Crippen LogP contribution in [-0.2, 0) is 29.3 Å². The van der Waals surface area contributed by atoms with E-state index in [1.54, 1.807) is 6.21 Å². The molecule has 0 aliphatic heterocycles. The summed E-state index contributed by atoms with van der Waals surface area (Å²) in [5, 5.41) is 0. The molecule has 0 saturated heterocycles. The third-order valence-corrected chi connectivity index (χ3v) is 6.55. The van der Waals surface area contributed by atoms with Gasteiger partial charge in [-0.1, -0.05) is 48.6 Å². The number of hydrogen-bond acceptors (Lipinski definition) is 5. The number of aromatic nitrogens is 3. The van der Waals surface area contributed by atoms with Crippen molar-refractivity contribution >= 4 is 17.6 Å². The van der Waals surface area contributed by atoms with E-state index in [-0.39, 0.29) is 5.92 Å². The molecular weight excluding hydrogens is 432 g/mol. The summed E-state index contributed by atoms with van der Waals surface area (Å²) in [6, 6.07) is 14.1. The van der Waals surface area contributed by atoms with Crippen LogP contribution in [0.5, 0.6) is 0 Å². The molecule has 7 heteroatoms. The number of aryl methyl sites for hydroxylation is 1. The van der Waals surface area contributed by atoms with E-state index in [4.69, 9.17) is 9.72 Å². The number of hydrogen-bond donors (Lipinski definition) is 0. The molecule has 0 spiro atoms. The van der Waals surface area contributed by atoms with Crippen molar-refractivity contribution in [2.24, 2.45) is 4.40 Å². The third-order valence-electron chi connectivity index (χ3n) is 5.20. The van der Waals surface area contributed by atoms with Gasteiger partial charge in [-0.2, -0.15) is 0 Å². The number of imidazole rings is 1. The van der Waals surface area contributed by atoms with Crippen molar-refractivity contribution in [2.75, 3.05) is 6.61 Å². The molecule has 3 aromatic rings. The second-order valence-electron chi connectivity index (χ2n) is 9.27. The van der Waals surface area contributed by atoms with Crippen LogP contribution >= 0.6 is 0 Å². The lowest BCUT2D eigenvalue weighted by Crippen LogP contribution is -2.26. The molecule has 176 valence electrons. The van der Waals surface area contributed by atoms with E-state index >= 15 is 0 Å². The first-order valence-corrected chi connectivity index (χ1v) is 12.4. The van der Waals surface area contributed by atoms with Crippen molar-refractivity contribution in [1.29, 1.82) is 0 Å². The summed E-state index contributed by atoms with van der Waals surface area (Å²) >= 11 is -1.37. The monoisotopic (exact) mass is 466 g/mol. The highest BCUT2D eigenvalue weighted by Gasteiger charge is 2.27. The molecule has 0 bridgehead atoms. The van der Waals surface area contributed by atoms with Crippen LogP contribution < -0.4 is 0 Å². The average molecular weight is 467 g/mol. The SMILES string of the molecule is Cc1nc(-c2cccnc2C(C)C)c(/C=N/[S+]([O-])C(C)(C)C)n1CCOCc1ccccc1. The molecule has 0 fully saturated rings. The Morgan fingerprint density at radius 3 is 2.55 bits per heavy atom. The molecule has 0 aliphatic carbocycles. The Labute approximate surface area is 200 Å².